The summed E-state index contributed by atoms with van der Waals surface area (Å²) in [5.41, 5.74) is 3.71. The van der Waals surface area contributed by atoms with Crippen LogP contribution in [0.5, 0.6) is 5.75 Å². The molecule has 1 fully saturated rings. The van der Waals surface area contributed by atoms with Crippen molar-refractivity contribution in [2.24, 2.45) is 0 Å². The molecule has 2 aromatic carbocycles. The SMILES string of the molecule is CCOC(=O)CN1C(=O)[C@H]2Cc3c([nH]c4ccccc34)[C@H](c3ccc(OC)cc3)N2C1=O. The highest BCUT2D eigenvalue weighted by Gasteiger charge is 2.53. The van der Waals surface area contributed by atoms with Crippen LogP contribution in [0, 0.1) is 0 Å². The van der Waals surface area contributed by atoms with Gasteiger partial charge in [0.2, 0.25) is 0 Å². The summed E-state index contributed by atoms with van der Waals surface area (Å²) in [5.74, 6) is -0.276. The van der Waals surface area contributed by atoms with Crippen molar-refractivity contribution in [2.75, 3.05) is 20.3 Å². The molecule has 3 aromatic rings. The number of nitrogens with one attached hydrogen (secondary N) is 1. The monoisotopic (exact) mass is 433 g/mol. The lowest BCUT2D eigenvalue weighted by atomic mass is 9.89. The number of urea groups is 1. The molecule has 1 N–H and O–H groups in total. The van der Waals surface area contributed by atoms with E-state index in [9.17, 15) is 14.4 Å². The quantitative estimate of drug-likeness (QED) is 0.493. The average molecular weight is 433 g/mol. The number of nitrogens with zero attached hydrogens (tertiary/aromatic N) is 2. The number of para-hydroxylation sites is 1. The van der Waals surface area contributed by atoms with Crippen LogP contribution < -0.4 is 4.74 Å². The van der Waals surface area contributed by atoms with Gasteiger partial charge in [-0.3, -0.25) is 19.4 Å². The minimum absolute atomic E-state index is 0.188. The Kier molecular flexibility index (Phi) is 4.84. The number of hydrogen-bond donors (Lipinski definition) is 1. The molecule has 0 radical (unpaired) electrons. The van der Waals surface area contributed by atoms with Crippen LogP contribution in [0.1, 0.15) is 29.8 Å². The van der Waals surface area contributed by atoms with Gasteiger partial charge in [-0.15, -0.1) is 0 Å². The van der Waals surface area contributed by atoms with Crippen LogP contribution >= 0.6 is 0 Å². The summed E-state index contributed by atoms with van der Waals surface area (Å²) in [6.45, 7) is 1.49. The first-order valence-corrected chi connectivity index (χ1v) is 10.6. The number of aromatic amines is 1. The summed E-state index contributed by atoms with van der Waals surface area (Å²) >= 11 is 0. The lowest BCUT2D eigenvalue weighted by Gasteiger charge is -2.36. The number of fused-ring (bicyclic) bond motifs is 4. The van der Waals surface area contributed by atoms with E-state index >= 15 is 0 Å². The summed E-state index contributed by atoms with van der Waals surface area (Å²) < 4.78 is 10.3. The zero-order chi connectivity index (χ0) is 22.4. The van der Waals surface area contributed by atoms with Gasteiger partial charge in [-0.05, 0) is 36.2 Å². The van der Waals surface area contributed by atoms with Gasteiger partial charge < -0.3 is 14.5 Å². The number of ether oxygens (including phenoxy) is 2. The number of H-pyrrole nitrogens is 1. The molecule has 0 unspecified atom stereocenters. The molecule has 0 bridgehead atoms. The summed E-state index contributed by atoms with van der Waals surface area (Å²) in [5, 5.41) is 1.03. The lowest BCUT2D eigenvalue weighted by molar-refractivity contribution is -0.146. The average Bonchev–Trinajstić information content (AvgIpc) is 3.29. The molecular formula is C24H23N3O5. The van der Waals surface area contributed by atoms with E-state index in [1.807, 2.05) is 48.5 Å². The standard InChI is InChI=1S/C24H23N3O5/c1-3-32-20(28)13-26-23(29)19-12-17-16-6-4-5-7-18(16)25-21(17)22(27(19)24(26)30)14-8-10-15(31-2)11-9-14/h4-11,19,22,25H,3,12-13H2,1-2H3/t19-,22+/m1/s1. The predicted octanol–water partition coefficient (Wildman–Crippen LogP) is 3.02. The van der Waals surface area contributed by atoms with Crippen LogP contribution in [-0.4, -0.2) is 59.0 Å². The zero-order valence-electron chi connectivity index (χ0n) is 17.8. The number of esters is 1. The van der Waals surface area contributed by atoms with Crippen molar-refractivity contribution in [1.29, 1.82) is 0 Å². The first-order chi connectivity index (χ1) is 15.5. The molecule has 8 nitrogen and oxygen atoms in total. The van der Waals surface area contributed by atoms with E-state index in [1.54, 1.807) is 18.9 Å². The molecule has 2 atom stereocenters. The van der Waals surface area contributed by atoms with Crippen molar-refractivity contribution in [2.45, 2.75) is 25.4 Å². The molecule has 1 saturated heterocycles. The Bertz CT molecular complexity index is 1220. The molecule has 0 saturated carbocycles. The van der Waals surface area contributed by atoms with E-state index < -0.39 is 24.1 Å². The van der Waals surface area contributed by atoms with Crippen LogP contribution in [0.2, 0.25) is 0 Å². The summed E-state index contributed by atoms with van der Waals surface area (Å²) in [4.78, 5) is 44.8. The van der Waals surface area contributed by atoms with E-state index in [0.29, 0.717) is 12.2 Å². The zero-order valence-corrected chi connectivity index (χ0v) is 17.8. The Labute approximate surface area is 184 Å². The summed E-state index contributed by atoms with van der Waals surface area (Å²) in [6, 6.07) is 13.7. The van der Waals surface area contributed by atoms with Crippen LogP contribution in [0.4, 0.5) is 4.79 Å². The van der Waals surface area contributed by atoms with Gasteiger partial charge in [-0.25, -0.2) is 4.79 Å². The fraction of sp³-hybridized carbons (Fsp3) is 0.292. The number of carbonyl (C=O) groups is 3. The van der Waals surface area contributed by atoms with Crippen molar-refractivity contribution in [3.05, 3.63) is 65.4 Å². The molecule has 2 aliphatic rings. The van der Waals surface area contributed by atoms with Crippen LogP contribution in [-0.2, 0) is 20.7 Å². The fourth-order valence-corrected chi connectivity index (χ4v) is 4.74. The summed E-state index contributed by atoms with van der Waals surface area (Å²) in [6.07, 6.45) is 0.385. The molecule has 8 heteroatoms. The minimum Gasteiger partial charge on any atom is -0.497 e. The minimum atomic E-state index is -0.685. The Balaban J connectivity index is 1.62. The Morgan fingerprint density at radius 3 is 2.59 bits per heavy atom. The molecule has 1 aromatic heterocycles. The van der Waals surface area contributed by atoms with Gasteiger partial charge >= 0.3 is 12.0 Å². The highest BCUT2D eigenvalue weighted by molar-refractivity contribution is 6.07. The van der Waals surface area contributed by atoms with E-state index in [-0.39, 0.29) is 19.1 Å². The van der Waals surface area contributed by atoms with Gasteiger partial charge in [0.25, 0.3) is 5.91 Å². The number of carbonyl (C=O) groups excluding carboxylic acids is 3. The van der Waals surface area contributed by atoms with Gasteiger partial charge in [0.1, 0.15) is 24.4 Å². The maximum atomic E-state index is 13.4. The molecule has 3 amide bonds. The smallest absolute Gasteiger partial charge is 0.328 e. The second-order valence-corrected chi connectivity index (χ2v) is 7.88. The number of hydrogen-bond acceptors (Lipinski definition) is 5. The van der Waals surface area contributed by atoms with Crippen molar-refractivity contribution < 1.29 is 23.9 Å². The number of rotatable bonds is 5. The molecule has 32 heavy (non-hydrogen) atoms. The van der Waals surface area contributed by atoms with Crippen molar-refractivity contribution in [1.82, 2.24) is 14.8 Å². The van der Waals surface area contributed by atoms with Crippen molar-refractivity contribution in [3.8, 4) is 5.75 Å². The van der Waals surface area contributed by atoms with Crippen molar-refractivity contribution in [3.63, 3.8) is 0 Å². The highest BCUT2D eigenvalue weighted by Crippen LogP contribution is 2.44. The molecule has 2 aliphatic heterocycles. The first kappa shape index (κ1) is 20.1. The van der Waals surface area contributed by atoms with Crippen LogP contribution in [0.25, 0.3) is 10.9 Å². The number of methoxy groups -OCH3 is 1. The maximum absolute atomic E-state index is 13.4. The number of aromatic nitrogens is 1. The lowest BCUT2D eigenvalue weighted by Crippen LogP contribution is -2.44. The molecule has 0 aliphatic carbocycles. The molecule has 5 rings (SSSR count). The normalized spacial score (nSPS) is 19.8. The van der Waals surface area contributed by atoms with E-state index in [4.69, 9.17) is 9.47 Å². The Morgan fingerprint density at radius 1 is 1.12 bits per heavy atom. The Morgan fingerprint density at radius 2 is 1.88 bits per heavy atom. The largest absolute Gasteiger partial charge is 0.497 e. The maximum Gasteiger partial charge on any atom is 0.328 e. The van der Waals surface area contributed by atoms with Gasteiger partial charge in [0.15, 0.2) is 0 Å². The Hall–Kier alpha value is -3.81. The van der Waals surface area contributed by atoms with Crippen LogP contribution in [0.15, 0.2) is 48.5 Å². The van der Waals surface area contributed by atoms with Gasteiger partial charge in [0, 0.05) is 23.0 Å². The molecule has 3 heterocycles. The van der Waals surface area contributed by atoms with Crippen molar-refractivity contribution >= 4 is 28.8 Å². The van der Waals surface area contributed by atoms with Gasteiger partial charge in [-0.1, -0.05) is 30.3 Å². The molecule has 0 spiro atoms. The predicted molar refractivity (Wildman–Crippen MR) is 116 cm³/mol. The second kappa shape index (κ2) is 7.71. The number of imide groups is 1. The summed E-state index contributed by atoms with van der Waals surface area (Å²) in [7, 11) is 1.59. The first-order valence-electron chi connectivity index (χ1n) is 10.6. The fourth-order valence-electron chi connectivity index (χ4n) is 4.74. The number of benzene rings is 2. The second-order valence-electron chi connectivity index (χ2n) is 7.88. The van der Waals surface area contributed by atoms with Crippen LogP contribution in [0.3, 0.4) is 0 Å². The number of amides is 3. The van der Waals surface area contributed by atoms with E-state index in [1.165, 1.54) is 0 Å². The topological polar surface area (TPSA) is 91.9 Å². The van der Waals surface area contributed by atoms with Gasteiger partial charge in [-0.2, -0.15) is 0 Å². The molecule has 164 valence electrons. The van der Waals surface area contributed by atoms with E-state index in [0.717, 1.165) is 32.6 Å². The third-order valence-electron chi connectivity index (χ3n) is 6.16. The highest BCUT2D eigenvalue weighted by atomic mass is 16.5. The molecular weight excluding hydrogens is 410 g/mol. The third kappa shape index (κ3) is 3.02. The van der Waals surface area contributed by atoms with E-state index in [2.05, 4.69) is 4.98 Å². The van der Waals surface area contributed by atoms with Gasteiger partial charge in [0.05, 0.1) is 13.7 Å². The third-order valence-corrected chi connectivity index (χ3v) is 6.16.